The Morgan fingerprint density at radius 2 is 2.03 bits per heavy atom. The number of halogens is 3. The van der Waals surface area contributed by atoms with E-state index in [-0.39, 0.29) is 17.4 Å². The number of pyridine rings is 1. The fourth-order valence-corrected chi connectivity index (χ4v) is 5.29. The van der Waals surface area contributed by atoms with Crippen molar-refractivity contribution < 1.29 is 17.9 Å². The van der Waals surface area contributed by atoms with E-state index in [0.717, 1.165) is 30.9 Å². The predicted molar refractivity (Wildman–Crippen MR) is 107 cm³/mol. The fourth-order valence-electron chi connectivity index (χ4n) is 4.50. The molecule has 1 aliphatic heterocycles. The van der Waals surface area contributed by atoms with Crippen LogP contribution in [0.4, 0.5) is 24.1 Å². The van der Waals surface area contributed by atoms with E-state index in [1.165, 1.54) is 15.6 Å². The smallest absolute Gasteiger partial charge is 0.422 e. The summed E-state index contributed by atoms with van der Waals surface area (Å²) in [6, 6.07) is 3.31. The van der Waals surface area contributed by atoms with Crippen LogP contribution >= 0.6 is 11.3 Å². The summed E-state index contributed by atoms with van der Waals surface area (Å²) in [7, 11) is 0. The summed E-state index contributed by atoms with van der Waals surface area (Å²) < 4.78 is 43.9. The van der Waals surface area contributed by atoms with E-state index >= 15 is 0 Å². The van der Waals surface area contributed by atoms with Crippen LogP contribution in [0, 0.1) is 18.8 Å². The molecule has 1 aliphatic carbocycles. The highest BCUT2D eigenvalue weighted by Gasteiger charge is 2.43. The van der Waals surface area contributed by atoms with Crippen molar-refractivity contribution in [3.63, 3.8) is 0 Å². The third kappa shape index (κ3) is 3.78. The monoisotopic (exact) mass is 438 g/mol. The molecule has 2 bridgehead atoms. The van der Waals surface area contributed by atoms with E-state index in [4.69, 9.17) is 4.74 Å². The van der Waals surface area contributed by atoms with Crippen LogP contribution in [0.3, 0.4) is 0 Å². The number of anilines is 2. The van der Waals surface area contributed by atoms with Gasteiger partial charge in [-0.05, 0) is 43.7 Å². The number of alkyl halides is 3. The molecule has 0 spiro atoms. The molecule has 2 fully saturated rings. The molecule has 0 amide bonds. The van der Waals surface area contributed by atoms with E-state index in [1.807, 2.05) is 13.1 Å². The van der Waals surface area contributed by atoms with Crippen molar-refractivity contribution in [3.8, 4) is 5.75 Å². The molecule has 3 aromatic rings. The molecule has 3 aromatic heterocycles. The first kappa shape index (κ1) is 19.4. The lowest BCUT2D eigenvalue weighted by Crippen LogP contribution is -2.48. The van der Waals surface area contributed by atoms with E-state index < -0.39 is 12.8 Å². The number of fused-ring (bicyclic) bond motifs is 3. The van der Waals surface area contributed by atoms with Crippen molar-refractivity contribution in [1.82, 2.24) is 19.6 Å². The highest BCUT2D eigenvalue weighted by molar-refractivity contribution is 7.15. The summed E-state index contributed by atoms with van der Waals surface area (Å²) in [6.45, 7) is 2.55. The van der Waals surface area contributed by atoms with Gasteiger partial charge in [0.25, 0.3) is 0 Å². The highest BCUT2D eigenvalue weighted by atomic mass is 32.1. The summed E-state index contributed by atoms with van der Waals surface area (Å²) in [5.74, 6) is 1.40. The molecular weight excluding hydrogens is 417 g/mol. The second-order valence-electron chi connectivity index (χ2n) is 7.87. The molecule has 2 aliphatic rings. The third-order valence-corrected chi connectivity index (χ3v) is 6.74. The topological polar surface area (TPSA) is 67.6 Å². The van der Waals surface area contributed by atoms with Gasteiger partial charge in [-0.15, -0.1) is 16.4 Å². The number of hydrogen-bond acceptors (Lipinski definition) is 7. The van der Waals surface area contributed by atoms with Crippen LogP contribution in [0.25, 0.3) is 5.65 Å². The molecule has 160 valence electrons. The summed E-state index contributed by atoms with van der Waals surface area (Å²) in [4.78, 5) is 11.2. The summed E-state index contributed by atoms with van der Waals surface area (Å²) in [6.07, 6.45) is 1.45. The number of nitrogens with one attached hydrogen (secondary N) is 1. The first-order valence-corrected chi connectivity index (χ1v) is 10.7. The number of nitrogens with zero attached hydrogens (tertiary/aromatic N) is 5. The molecule has 30 heavy (non-hydrogen) atoms. The van der Waals surface area contributed by atoms with Gasteiger partial charge in [0.15, 0.2) is 18.0 Å². The van der Waals surface area contributed by atoms with Gasteiger partial charge in [-0.3, -0.25) is 0 Å². The molecule has 11 heteroatoms. The lowest BCUT2D eigenvalue weighted by molar-refractivity contribution is -0.153. The van der Waals surface area contributed by atoms with Crippen molar-refractivity contribution in [1.29, 1.82) is 0 Å². The van der Waals surface area contributed by atoms with Crippen molar-refractivity contribution in [2.75, 3.05) is 29.9 Å². The van der Waals surface area contributed by atoms with Crippen LogP contribution in [0.1, 0.15) is 17.8 Å². The van der Waals surface area contributed by atoms with E-state index in [0.29, 0.717) is 17.8 Å². The van der Waals surface area contributed by atoms with Crippen molar-refractivity contribution in [2.45, 2.75) is 32.0 Å². The van der Waals surface area contributed by atoms with Crippen molar-refractivity contribution in [2.24, 2.45) is 11.8 Å². The number of rotatable bonds is 5. The van der Waals surface area contributed by atoms with Gasteiger partial charge in [-0.25, -0.2) is 9.50 Å². The minimum Gasteiger partial charge on any atom is -0.480 e. The van der Waals surface area contributed by atoms with Gasteiger partial charge in [0.1, 0.15) is 5.00 Å². The molecule has 0 aromatic carbocycles. The molecule has 1 N–H and O–H groups in total. The molecule has 1 saturated heterocycles. The number of hydrogen-bond donors (Lipinski definition) is 1. The van der Waals surface area contributed by atoms with Crippen LogP contribution in [0.2, 0.25) is 0 Å². The summed E-state index contributed by atoms with van der Waals surface area (Å²) >= 11 is 1.71. The molecular formula is C19H21F3N6OS. The third-order valence-electron chi connectivity index (χ3n) is 5.77. The van der Waals surface area contributed by atoms with Gasteiger partial charge in [0.2, 0.25) is 5.95 Å². The zero-order valence-electron chi connectivity index (χ0n) is 16.3. The number of piperidine rings is 1. The molecule has 5 rings (SSSR count). The van der Waals surface area contributed by atoms with E-state index in [9.17, 15) is 13.2 Å². The number of aromatic nitrogens is 4. The van der Waals surface area contributed by atoms with Gasteiger partial charge >= 0.3 is 6.18 Å². The van der Waals surface area contributed by atoms with E-state index in [1.54, 1.807) is 23.6 Å². The normalized spacial score (nSPS) is 23.9. The zero-order valence-corrected chi connectivity index (χ0v) is 17.1. The molecule has 0 radical (unpaired) electrons. The minimum atomic E-state index is -4.41. The van der Waals surface area contributed by atoms with Crippen molar-refractivity contribution in [3.05, 3.63) is 29.5 Å². The fraction of sp³-hybridized carbons (Fsp3) is 0.526. The number of aryl methyl sites for hydroxylation is 1. The molecule has 1 saturated carbocycles. The maximum Gasteiger partial charge on any atom is 0.422 e. The standard InChI is InChI=1S/C19H21F3N6OS/c1-11-23-7-15(30-11)27-8-12-4-5-13(9-27)16(12)24-18-25-17-14(29-10-19(20,21)22)3-2-6-28(17)26-18/h2-3,6-7,12-13,16H,4-5,8-10H2,1H3,(H,24,26)/t12-,13+,16?. The lowest BCUT2D eigenvalue weighted by atomic mass is 9.92. The average molecular weight is 438 g/mol. The Bertz CT molecular complexity index is 1040. The minimum absolute atomic E-state index is 0.0636. The predicted octanol–water partition coefficient (Wildman–Crippen LogP) is 3.76. The number of thiazole rings is 1. The molecule has 3 atom stereocenters. The Kier molecular flexibility index (Phi) is 4.72. The Balaban J connectivity index is 1.31. The Morgan fingerprint density at radius 3 is 2.70 bits per heavy atom. The first-order chi connectivity index (χ1) is 14.4. The molecule has 7 nitrogen and oxygen atoms in total. The Labute approximate surface area is 174 Å². The highest BCUT2D eigenvalue weighted by Crippen LogP contribution is 2.41. The number of ether oxygens (including phenoxy) is 1. The van der Waals surface area contributed by atoms with Crippen LogP contribution in [-0.2, 0) is 0 Å². The first-order valence-electron chi connectivity index (χ1n) is 9.84. The lowest BCUT2D eigenvalue weighted by Gasteiger charge is -2.38. The van der Waals surface area contributed by atoms with Gasteiger partial charge in [-0.2, -0.15) is 18.2 Å². The van der Waals surface area contributed by atoms with Crippen LogP contribution in [0.5, 0.6) is 5.75 Å². The Hall–Kier alpha value is -2.56. The van der Waals surface area contributed by atoms with Gasteiger partial charge in [0.05, 0.1) is 11.2 Å². The van der Waals surface area contributed by atoms with Crippen LogP contribution in [-0.4, -0.2) is 51.5 Å². The van der Waals surface area contributed by atoms with Crippen LogP contribution < -0.4 is 15.0 Å². The second kappa shape index (κ2) is 7.29. The van der Waals surface area contributed by atoms with Crippen LogP contribution in [0.15, 0.2) is 24.5 Å². The quantitative estimate of drug-likeness (QED) is 0.654. The maximum absolute atomic E-state index is 12.5. The molecule has 1 unspecified atom stereocenters. The maximum atomic E-state index is 12.5. The average Bonchev–Trinajstić information content (AvgIpc) is 3.36. The van der Waals surface area contributed by atoms with Crippen molar-refractivity contribution >= 4 is 27.9 Å². The summed E-state index contributed by atoms with van der Waals surface area (Å²) in [5.41, 5.74) is 0.272. The summed E-state index contributed by atoms with van der Waals surface area (Å²) in [5, 5.41) is 10.1. The van der Waals surface area contributed by atoms with Gasteiger partial charge < -0.3 is 15.0 Å². The molecule has 4 heterocycles. The van der Waals surface area contributed by atoms with E-state index in [2.05, 4.69) is 25.3 Å². The van der Waals surface area contributed by atoms with Gasteiger partial charge in [-0.1, -0.05) is 0 Å². The van der Waals surface area contributed by atoms with Gasteiger partial charge in [0, 0.05) is 25.3 Å². The Morgan fingerprint density at radius 1 is 1.27 bits per heavy atom. The second-order valence-corrected chi connectivity index (χ2v) is 9.08. The largest absolute Gasteiger partial charge is 0.480 e. The zero-order chi connectivity index (χ0) is 20.9. The SMILES string of the molecule is Cc1ncc(N2C[C@H]3CC[C@@H](C2)C3Nc2nc3c(OCC(F)(F)F)cccn3n2)s1.